The fraction of sp³-hybridized carbons (Fsp3) is 0.600. The van der Waals surface area contributed by atoms with Crippen LogP contribution in [0.2, 0.25) is 5.02 Å². The molecular formula is C20H26ClFOS. The maximum Gasteiger partial charge on any atom is 0.145 e. The summed E-state index contributed by atoms with van der Waals surface area (Å²) in [5.74, 6) is 0.396. The molecule has 3 rings (SSSR count). The first-order chi connectivity index (χ1) is 11.5. The number of halogens is 2. The number of thiol groups is 1. The highest BCUT2D eigenvalue weighted by Crippen LogP contribution is 2.35. The molecule has 2 aliphatic carbocycles. The van der Waals surface area contributed by atoms with Crippen LogP contribution in [0.25, 0.3) is 5.57 Å². The third kappa shape index (κ3) is 4.36. The van der Waals surface area contributed by atoms with E-state index in [1.807, 2.05) is 6.07 Å². The predicted molar refractivity (Wildman–Crippen MR) is 102 cm³/mol. The standard InChI is InChI=1S/C20H26ClFOS/c1-13-2-11-18(19(21)20(13)22)15-5-7-16(8-6-15)23-12-14-3-9-17(24)10-4-14/h2,5,11,14,16-17,24H,3-4,6-10,12H2,1H3. The van der Waals surface area contributed by atoms with E-state index in [9.17, 15) is 4.39 Å². The second-order valence-corrected chi connectivity index (χ2v) is 8.30. The van der Waals surface area contributed by atoms with Crippen molar-refractivity contribution in [2.45, 2.75) is 63.2 Å². The first-order valence-corrected chi connectivity index (χ1v) is 9.87. The van der Waals surface area contributed by atoms with Crippen LogP contribution in [-0.2, 0) is 4.74 Å². The Hall–Kier alpha value is -0.510. The zero-order chi connectivity index (χ0) is 17.1. The SMILES string of the molecule is Cc1ccc(C2=CCC(OCC3CCC(S)CC3)CC2)c(Cl)c1F. The highest BCUT2D eigenvalue weighted by atomic mass is 35.5. The number of benzene rings is 1. The molecule has 0 saturated heterocycles. The first-order valence-electron chi connectivity index (χ1n) is 8.98. The van der Waals surface area contributed by atoms with Crippen molar-refractivity contribution in [2.75, 3.05) is 6.61 Å². The third-order valence-corrected chi connectivity index (χ3v) is 6.25. The minimum absolute atomic E-state index is 0.254. The van der Waals surface area contributed by atoms with Gasteiger partial charge in [0.15, 0.2) is 0 Å². The van der Waals surface area contributed by atoms with Gasteiger partial charge in [-0.2, -0.15) is 12.6 Å². The molecule has 132 valence electrons. The smallest absolute Gasteiger partial charge is 0.145 e. The quantitative estimate of drug-likeness (QED) is 0.620. The van der Waals surface area contributed by atoms with Gasteiger partial charge in [-0.1, -0.05) is 29.8 Å². The lowest BCUT2D eigenvalue weighted by Gasteiger charge is -2.29. The molecule has 1 unspecified atom stereocenters. The molecule has 1 aromatic carbocycles. The molecule has 0 spiro atoms. The Morgan fingerprint density at radius 1 is 1.21 bits per heavy atom. The lowest BCUT2D eigenvalue weighted by molar-refractivity contribution is 0.0174. The molecule has 1 aromatic rings. The summed E-state index contributed by atoms with van der Waals surface area (Å²) in [4.78, 5) is 0. The highest BCUT2D eigenvalue weighted by Gasteiger charge is 2.22. The highest BCUT2D eigenvalue weighted by molar-refractivity contribution is 7.80. The molecule has 0 heterocycles. The summed E-state index contributed by atoms with van der Waals surface area (Å²) in [5, 5.41) is 0.838. The monoisotopic (exact) mass is 368 g/mol. The zero-order valence-corrected chi connectivity index (χ0v) is 15.9. The first kappa shape index (κ1) is 18.3. The van der Waals surface area contributed by atoms with Gasteiger partial charge >= 0.3 is 0 Å². The molecule has 0 radical (unpaired) electrons. The fourth-order valence-electron chi connectivity index (χ4n) is 3.68. The second kappa shape index (κ2) is 8.25. The third-order valence-electron chi connectivity index (χ3n) is 5.37. The van der Waals surface area contributed by atoms with E-state index in [0.717, 1.165) is 37.0 Å². The largest absolute Gasteiger partial charge is 0.378 e. The summed E-state index contributed by atoms with van der Waals surface area (Å²) < 4.78 is 20.1. The van der Waals surface area contributed by atoms with Crippen molar-refractivity contribution in [1.29, 1.82) is 0 Å². The van der Waals surface area contributed by atoms with Gasteiger partial charge in [0.05, 0.1) is 11.1 Å². The number of aryl methyl sites for hydroxylation is 1. The number of hydrogen-bond acceptors (Lipinski definition) is 2. The Morgan fingerprint density at radius 3 is 2.62 bits per heavy atom. The number of ether oxygens (including phenoxy) is 1. The van der Waals surface area contributed by atoms with Crippen molar-refractivity contribution in [3.8, 4) is 0 Å². The van der Waals surface area contributed by atoms with Gasteiger partial charge in [-0.3, -0.25) is 0 Å². The molecule has 4 heteroatoms. The molecule has 0 aliphatic heterocycles. The molecule has 0 N–H and O–H groups in total. The Labute approximate surface area is 155 Å². The van der Waals surface area contributed by atoms with Gasteiger partial charge in [0.2, 0.25) is 0 Å². The van der Waals surface area contributed by atoms with Crippen LogP contribution in [0.1, 0.15) is 56.1 Å². The molecule has 2 aliphatic rings. The zero-order valence-electron chi connectivity index (χ0n) is 14.2. The van der Waals surface area contributed by atoms with Crippen LogP contribution in [0.4, 0.5) is 4.39 Å². The number of rotatable bonds is 4. The molecule has 1 atom stereocenters. The average Bonchev–Trinajstić information content (AvgIpc) is 2.60. The van der Waals surface area contributed by atoms with Gasteiger partial charge in [-0.25, -0.2) is 4.39 Å². The van der Waals surface area contributed by atoms with Crippen molar-refractivity contribution >= 4 is 29.8 Å². The van der Waals surface area contributed by atoms with Crippen molar-refractivity contribution in [3.05, 3.63) is 40.2 Å². The van der Waals surface area contributed by atoms with Gasteiger partial charge in [0.1, 0.15) is 5.82 Å². The average molecular weight is 369 g/mol. The summed E-state index contributed by atoms with van der Waals surface area (Å²) >= 11 is 10.7. The van der Waals surface area contributed by atoms with Crippen LogP contribution < -0.4 is 0 Å². The van der Waals surface area contributed by atoms with Crippen LogP contribution >= 0.6 is 24.2 Å². The van der Waals surface area contributed by atoms with Gasteiger partial charge < -0.3 is 4.74 Å². The summed E-state index contributed by atoms with van der Waals surface area (Å²) in [6.45, 7) is 2.61. The van der Waals surface area contributed by atoms with E-state index in [2.05, 4.69) is 18.7 Å². The fourth-order valence-corrected chi connectivity index (χ4v) is 4.32. The predicted octanol–water partition coefficient (Wildman–Crippen LogP) is 6.23. The van der Waals surface area contributed by atoms with Gasteiger partial charge in [-0.05, 0) is 74.5 Å². The molecular weight excluding hydrogens is 343 g/mol. The van der Waals surface area contributed by atoms with Crippen molar-refractivity contribution in [2.24, 2.45) is 5.92 Å². The molecule has 1 fully saturated rings. The minimum Gasteiger partial charge on any atom is -0.378 e. The maximum atomic E-state index is 14.0. The topological polar surface area (TPSA) is 9.23 Å². The van der Waals surface area contributed by atoms with E-state index in [0.29, 0.717) is 16.7 Å². The Kier molecular flexibility index (Phi) is 6.28. The normalized spacial score (nSPS) is 27.8. The van der Waals surface area contributed by atoms with E-state index >= 15 is 0 Å². The Bertz CT molecular complexity index is 608. The van der Waals surface area contributed by atoms with E-state index in [4.69, 9.17) is 16.3 Å². The molecule has 0 bridgehead atoms. The van der Waals surface area contributed by atoms with Crippen molar-refractivity contribution in [1.82, 2.24) is 0 Å². The summed E-state index contributed by atoms with van der Waals surface area (Å²) in [6, 6.07) is 3.74. The molecule has 24 heavy (non-hydrogen) atoms. The second-order valence-electron chi connectivity index (χ2n) is 7.19. The van der Waals surface area contributed by atoms with Crippen LogP contribution in [-0.4, -0.2) is 18.0 Å². The van der Waals surface area contributed by atoms with Gasteiger partial charge in [0, 0.05) is 11.9 Å². The van der Waals surface area contributed by atoms with Gasteiger partial charge in [-0.15, -0.1) is 0 Å². The molecule has 0 aromatic heterocycles. The summed E-state index contributed by atoms with van der Waals surface area (Å²) in [6.07, 6.45) is 10.1. The van der Waals surface area contributed by atoms with E-state index in [-0.39, 0.29) is 16.9 Å². The van der Waals surface area contributed by atoms with E-state index in [1.54, 1.807) is 13.0 Å². The minimum atomic E-state index is -0.298. The Balaban J connectivity index is 1.54. The molecule has 1 saturated carbocycles. The molecule has 0 amide bonds. The number of allylic oxidation sites excluding steroid dienone is 1. The number of hydrogen-bond donors (Lipinski definition) is 1. The van der Waals surface area contributed by atoms with E-state index in [1.165, 1.54) is 25.7 Å². The lowest BCUT2D eigenvalue weighted by Crippen LogP contribution is -2.23. The molecule has 1 nitrogen and oxygen atoms in total. The Morgan fingerprint density at radius 2 is 1.96 bits per heavy atom. The summed E-state index contributed by atoms with van der Waals surface area (Å²) in [7, 11) is 0. The van der Waals surface area contributed by atoms with Crippen molar-refractivity contribution in [3.63, 3.8) is 0 Å². The van der Waals surface area contributed by atoms with Gasteiger partial charge in [0.25, 0.3) is 0 Å². The van der Waals surface area contributed by atoms with Crippen LogP contribution in [0.15, 0.2) is 18.2 Å². The van der Waals surface area contributed by atoms with Crippen molar-refractivity contribution < 1.29 is 9.13 Å². The van der Waals surface area contributed by atoms with Crippen LogP contribution in [0, 0.1) is 18.7 Å². The van der Waals surface area contributed by atoms with E-state index < -0.39 is 0 Å². The van der Waals surface area contributed by atoms with Crippen LogP contribution in [0.5, 0.6) is 0 Å². The lowest BCUT2D eigenvalue weighted by atomic mass is 9.89. The summed E-state index contributed by atoms with van der Waals surface area (Å²) in [5.41, 5.74) is 2.58. The van der Waals surface area contributed by atoms with Crippen LogP contribution in [0.3, 0.4) is 0 Å². The maximum absolute atomic E-state index is 14.0.